The molecule has 0 radical (unpaired) electrons. The third-order valence-electron chi connectivity index (χ3n) is 3.39. The van der Waals surface area contributed by atoms with E-state index in [0.29, 0.717) is 12.2 Å². The second-order valence-corrected chi connectivity index (χ2v) is 5.75. The van der Waals surface area contributed by atoms with Crippen molar-refractivity contribution in [3.63, 3.8) is 0 Å². The Labute approximate surface area is 124 Å². The third kappa shape index (κ3) is 3.24. The first-order valence-corrected chi connectivity index (χ1v) is 7.39. The summed E-state index contributed by atoms with van der Waals surface area (Å²) in [5.41, 5.74) is 0.838. The van der Waals surface area contributed by atoms with Crippen LogP contribution >= 0.6 is 11.5 Å². The summed E-state index contributed by atoms with van der Waals surface area (Å²) in [5, 5.41) is 2.86. The lowest BCUT2D eigenvalue weighted by Crippen LogP contribution is -2.25. The van der Waals surface area contributed by atoms with Crippen LogP contribution in [0.1, 0.15) is 22.6 Å². The van der Waals surface area contributed by atoms with E-state index < -0.39 is 11.8 Å². The summed E-state index contributed by atoms with van der Waals surface area (Å²) in [6, 6.07) is 9.34. The van der Waals surface area contributed by atoms with Gasteiger partial charge in [0.2, 0.25) is 5.01 Å². The van der Waals surface area contributed by atoms with Crippen LogP contribution in [-0.4, -0.2) is 27.7 Å². The molecule has 1 amide bonds. The van der Waals surface area contributed by atoms with Gasteiger partial charge in [0.25, 0.3) is 11.8 Å². The van der Waals surface area contributed by atoms with E-state index in [2.05, 4.69) is 14.7 Å². The molecule has 0 saturated heterocycles. The Morgan fingerprint density at radius 2 is 2.10 bits per heavy atom. The number of aromatic nitrogens is 2. The quantitative estimate of drug-likeness (QED) is 0.924. The normalized spacial score (nSPS) is 19.2. The van der Waals surface area contributed by atoms with Crippen molar-refractivity contribution >= 4 is 17.4 Å². The molecular weight excluding hydrogens is 296 g/mol. The summed E-state index contributed by atoms with van der Waals surface area (Å²) in [4.78, 5) is 16.0. The van der Waals surface area contributed by atoms with Crippen molar-refractivity contribution < 1.29 is 13.6 Å². The number of hydrogen-bond donors (Lipinski definition) is 1. The minimum atomic E-state index is -2.53. The minimum Gasteiger partial charge on any atom is -0.350 e. The fourth-order valence-corrected chi connectivity index (χ4v) is 2.64. The smallest absolute Gasteiger partial charge is 0.281 e. The van der Waals surface area contributed by atoms with Gasteiger partial charge < -0.3 is 5.32 Å². The highest BCUT2D eigenvalue weighted by Crippen LogP contribution is 2.50. The lowest BCUT2D eigenvalue weighted by atomic mass is 10.2. The molecule has 1 aromatic heterocycles. The molecule has 1 N–H and O–H groups in total. The van der Waals surface area contributed by atoms with Crippen LogP contribution in [0.3, 0.4) is 0 Å². The van der Waals surface area contributed by atoms with Crippen molar-refractivity contribution in [1.82, 2.24) is 14.7 Å². The van der Waals surface area contributed by atoms with Crippen molar-refractivity contribution in [2.75, 3.05) is 6.54 Å². The lowest BCUT2D eigenvalue weighted by Gasteiger charge is -2.01. The molecule has 2 aromatic rings. The number of alkyl halides is 2. The minimum absolute atomic E-state index is 0.0696. The van der Waals surface area contributed by atoms with E-state index in [9.17, 15) is 13.6 Å². The van der Waals surface area contributed by atoms with Gasteiger partial charge in [-0.2, -0.15) is 4.37 Å². The average Bonchev–Trinajstić information content (AvgIpc) is 2.91. The summed E-state index contributed by atoms with van der Waals surface area (Å²) in [6.07, 6.45) is 0.225. The number of nitrogens with one attached hydrogen (secondary N) is 1. The van der Waals surface area contributed by atoms with Gasteiger partial charge in [-0.05, 0) is 18.0 Å². The highest BCUT2D eigenvalue weighted by atomic mass is 32.1. The molecule has 1 aliphatic rings. The van der Waals surface area contributed by atoms with Gasteiger partial charge in [0.15, 0.2) is 5.82 Å². The molecule has 1 fully saturated rings. The Morgan fingerprint density at radius 3 is 2.76 bits per heavy atom. The summed E-state index contributed by atoms with van der Waals surface area (Å²) >= 11 is 1.01. The van der Waals surface area contributed by atoms with Crippen LogP contribution in [0.4, 0.5) is 8.78 Å². The largest absolute Gasteiger partial charge is 0.350 e. The number of carbonyl (C=O) groups is 1. The zero-order valence-electron chi connectivity index (χ0n) is 11.1. The molecule has 7 heteroatoms. The molecule has 1 heterocycles. The molecule has 0 bridgehead atoms. The molecule has 4 nitrogen and oxygen atoms in total. The monoisotopic (exact) mass is 309 g/mol. The van der Waals surface area contributed by atoms with Crippen LogP contribution in [-0.2, 0) is 0 Å². The molecule has 1 unspecified atom stereocenters. The highest BCUT2D eigenvalue weighted by molar-refractivity contribution is 7.07. The molecule has 0 spiro atoms. The molecule has 110 valence electrons. The number of nitrogens with zero attached hydrogens (tertiary/aromatic N) is 2. The highest BCUT2D eigenvalue weighted by Gasteiger charge is 2.55. The van der Waals surface area contributed by atoms with Crippen molar-refractivity contribution in [2.45, 2.75) is 18.8 Å². The molecule has 3 rings (SSSR count). The van der Waals surface area contributed by atoms with Gasteiger partial charge in [-0.1, -0.05) is 30.3 Å². The van der Waals surface area contributed by atoms with E-state index in [4.69, 9.17) is 0 Å². The summed E-state index contributed by atoms with van der Waals surface area (Å²) < 4.78 is 29.5. The molecule has 1 aromatic carbocycles. The lowest BCUT2D eigenvalue weighted by molar-refractivity contribution is 0.0910. The van der Waals surface area contributed by atoms with E-state index >= 15 is 0 Å². The summed E-state index contributed by atoms with van der Waals surface area (Å²) in [7, 11) is 0. The van der Waals surface area contributed by atoms with Gasteiger partial charge in [-0.3, -0.25) is 4.79 Å². The standard InChI is InChI=1S/C14H13F2N3OS/c15-14(16)8-10(14)6-7-17-12(20)13-18-11(19-21-13)9-4-2-1-3-5-9/h1-5,10H,6-8H2,(H,17,20). The Morgan fingerprint density at radius 1 is 1.38 bits per heavy atom. The predicted molar refractivity (Wildman–Crippen MR) is 75.3 cm³/mol. The van der Waals surface area contributed by atoms with E-state index in [-0.39, 0.29) is 23.9 Å². The second-order valence-electron chi connectivity index (χ2n) is 5.00. The van der Waals surface area contributed by atoms with Crippen molar-refractivity contribution in [2.24, 2.45) is 5.92 Å². The second kappa shape index (κ2) is 5.48. The van der Waals surface area contributed by atoms with Gasteiger partial charge in [0.05, 0.1) is 0 Å². The zero-order chi connectivity index (χ0) is 14.9. The molecule has 21 heavy (non-hydrogen) atoms. The van der Waals surface area contributed by atoms with Crippen molar-refractivity contribution in [1.29, 1.82) is 0 Å². The Balaban J connectivity index is 1.55. The van der Waals surface area contributed by atoms with Crippen LogP contribution in [0, 0.1) is 5.92 Å². The predicted octanol–water partition coefficient (Wildman–Crippen LogP) is 2.98. The first kappa shape index (κ1) is 14.1. The number of rotatable bonds is 5. The zero-order valence-corrected chi connectivity index (χ0v) is 11.9. The van der Waals surface area contributed by atoms with Gasteiger partial charge >= 0.3 is 0 Å². The van der Waals surface area contributed by atoms with Gasteiger partial charge in [-0.25, -0.2) is 13.8 Å². The number of halogens is 2. The van der Waals surface area contributed by atoms with Crippen LogP contribution in [0.25, 0.3) is 11.4 Å². The maximum absolute atomic E-state index is 12.7. The van der Waals surface area contributed by atoms with E-state index in [1.807, 2.05) is 30.3 Å². The maximum Gasteiger partial charge on any atom is 0.281 e. The fraction of sp³-hybridized carbons (Fsp3) is 0.357. The van der Waals surface area contributed by atoms with Gasteiger partial charge in [0, 0.05) is 24.4 Å². The van der Waals surface area contributed by atoms with Crippen LogP contribution in [0.2, 0.25) is 0 Å². The first-order chi connectivity index (χ1) is 10.1. The van der Waals surface area contributed by atoms with Crippen molar-refractivity contribution in [3.05, 3.63) is 35.3 Å². The van der Waals surface area contributed by atoms with E-state index in [1.54, 1.807) is 0 Å². The van der Waals surface area contributed by atoms with Crippen LogP contribution < -0.4 is 5.32 Å². The molecule has 1 atom stereocenters. The Bertz CT molecular complexity index is 645. The van der Waals surface area contributed by atoms with Crippen LogP contribution in [0.5, 0.6) is 0 Å². The maximum atomic E-state index is 12.7. The molecule has 0 aliphatic heterocycles. The van der Waals surface area contributed by atoms with Gasteiger partial charge in [-0.15, -0.1) is 0 Å². The number of amides is 1. The Hall–Kier alpha value is -1.89. The SMILES string of the molecule is O=C(NCCC1CC1(F)F)c1nc(-c2ccccc2)ns1. The first-order valence-electron chi connectivity index (χ1n) is 6.61. The van der Waals surface area contributed by atoms with E-state index in [1.165, 1.54) is 0 Å². The van der Waals surface area contributed by atoms with Crippen molar-refractivity contribution in [3.8, 4) is 11.4 Å². The topological polar surface area (TPSA) is 54.9 Å². The number of carbonyl (C=O) groups excluding carboxylic acids is 1. The number of benzene rings is 1. The average molecular weight is 309 g/mol. The van der Waals surface area contributed by atoms with Crippen LogP contribution in [0.15, 0.2) is 30.3 Å². The molecule has 1 aliphatic carbocycles. The summed E-state index contributed by atoms with van der Waals surface area (Å²) in [5.74, 6) is -2.99. The third-order valence-corrected chi connectivity index (χ3v) is 4.10. The Kier molecular flexibility index (Phi) is 3.67. The molecular formula is C14H13F2N3OS. The summed E-state index contributed by atoms with van der Waals surface area (Å²) in [6.45, 7) is 0.235. The fourth-order valence-electron chi connectivity index (χ4n) is 2.04. The number of hydrogen-bond acceptors (Lipinski definition) is 4. The van der Waals surface area contributed by atoms with Gasteiger partial charge in [0.1, 0.15) is 0 Å². The molecule has 1 saturated carbocycles. The van der Waals surface area contributed by atoms with E-state index in [0.717, 1.165) is 17.1 Å².